The zero-order chi connectivity index (χ0) is 11.7. The van der Waals surface area contributed by atoms with E-state index in [1.807, 2.05) is 6.07 Å². The first-order valence-corrected chi connectivity index (χ1v) is 5.75. The fourth-order valence-electron chi connectivity index (χ4n) is 1.41. The van der Waals surface area contributed by atoms with E-state index in [9.17, 15) is 0 Å². The van der Waals surface area contributed by atoms with Gasteiger partial charge in [-0.15, -0.1) is 0 Å². The van der Waals surface area contributed by atoms with Crippen LogP contribution >= 0.6 is 11.6 Å². The molecule has 0 N–H and O–H groups in total. The summed E-state index contributed by atoms with van der Waals surface area (Å²) in [4.78, 5) is 8.19. The molecule has 17 heavy (non-hydrogen) atoms. The van der Waals surface area contributed by atoms with Crippen molar-refractivity contribution < 1.29 is 9.47 Å². The predicted molar refractivity (Wildman–Crippen MR) is 71.6 cm³/mol. The van der Waals surface area contributed by atoms with Crippen LogP contribution in [0.1, 0.15) is 0 Å². The molecule has 0 aliphatic heterocycles. The fourth-order valence-corrected chi connectivity index (χ4v) is 2.29. The quantitative estimate of drug-likeness (QED) is 0.583. The summed E-state index contributed by atoms with van der Waals surface area (Å²) in [6.45, 7) is 0. The van der Waals surface area contributed by atoms with Crippen LogP contribution in [-0.2, 0) is 0 Å². The third-order valence-corrected chi connectivity index (χ3v) is 3.04. The number of ether oxygens (including phenoxy) is 2. The molecule has 0 unspecified atom stereocenters. The summed E-state index contributed by atoms with van der Waals surface area (Å²) >= 11 is 8.15. The van der Waals surface area contributed by atoms with Crippen LogP contribution in [0.15, 0.2) is 12.1 Å². The van der Waals surface area contributed by atoms with Gasteiger partial charge in [0.15, 0.2) is 0 Å². The van der Waals surface area contributed by atoms with Crippen molar-refractivity contribution in [3.8, 4) is 11.5 Å². The molecule has 4 nitrogen and oxygen atoms in total. The molecule has 0 saturated heterocycles. The Kier molecular flexibility index (Phi) is 5.51. The monoisotopic (exact) mass is 328 g/mol. The van der Waals surface area contributed by atoms with Crippen LogP contribution in [-0.4, -0.2) is 69.8 Å². The summed E-state index contributed by atoms with van der Waals surface area (Å²) in [5.41, 5.74) is 0.730. The molecule has 0 amide bonds. The van der Waals surface area contributed by atoms with Gasteiger partial charge in [0.05, 0.1) is 0 Å². The van der Waals surface area contributed by atoms with Crippen molar-refractivity contribution in [1.29, 1.82) is 0 Å². The van der Waals surface area contributed by atoms with E-state index in [2.05, 4.69) is 26.0 Å². The summed E-state index contributed by atoms with van der Waals surface area (Å²) < 4.78 is 11.2. The first-order chi connectivity index (χ1) is 7.65. The van der Waals surface area contributed by atoms with Crippen molar-refractivity contribution in [2.45, 2.75) is 0 Å². The second-order valence-electron chi connectivity index (χ2n) is 3.04. The number of hydrogen-bond donors (Lipinski definition) is 0. The van der Waals surface area contributed by atoms with Crippen LogP contribution in [0.25, 0.3) is 10.9 Å². The fraction of sp³-hybridized carbons (Fsp3) is 0.200. The van der Waals surface area contributed by atoms with Crippen LogP contribution in [0.4, 0.5) is 0 Å². The molecule has 0 saturated carbocycles. The van der Waals surface area contributed by atoms with E-state index in [-0.39, 0.29) is 34.8 Å². The van der Waals surface area contributed by atoms with Gasteiger partial charge in [0, 0.05) is 0 Å². The van der Waals surface area contributed by atoms with E-state index in [4.69, 9.17) is 21.1 Å². The van der Waals surface area contributed by atoms with Crippen molar-refractivity contribution in [1.82, 2.24) is 9.97 Å². The Bertz CT molecular complexity index is 553. The van der Waals surface area contributed by atoms with Crippen molar-refractivity contribution in [2.24, 2.45) is 0 Å². The van der Waals surface area contributed by atoms with Crippen molar-refractivity contribution in [3.63, 3.8) is 0 Å². The topological polar surface area (TPSA) is 44.2 Å². The number of aromatic nitrogens is 2. The number of fused-ring (bicyclic) bond motifs is 1. The van der Waals surface area contributed by atoms with Crippen LogP contribution in [0.5, 0.6) is 11.5 Å². The number of methoxy groups -OCH3 is 2. The summed E-state index contributed by atoms with van der Waals surface area (Å²) in [5.74, 6) is 1.27. The normalized spacial score (nSPS) is 9.88. The Morgan fingerprint density at radius 3 is 2.29 bits per heavy atom. The van der Waals surface area contributed by atoms with Crippen LogP contribution in [0.3, 0.4) is 0 Å². The maximum absolute atomic E-state index is 5.79. The second kappa shape index (κ2) is 6.23. The zero-order valence-electron chi connectivity index (χ0n) is 8.69. The Balaban J connectivity index is 0.00000144. The van der Waals surface area contributed by atoms with E-state index >= 15 is 0 Å². The number of halogens is 1. The molecular weight excluding hydrogens is 318 g/mol. The molecule has 0 spiro atoms. The van der Waals surface area contributed by atoms with Crippen LogP contribution < -0.4 is 14.1 Å². The summed E-state index contributed by atoms with van der Waals surface area (Å²) in [7, 11) is 3.17. The van der Waals surface area contributed by atoms with Gasteiger partial charge in [0.25, 0.3) is 0 Å². The average Bonchev–Trinajstić information content (AvgIpc) is 2.27. The van der Waals surface area contributed by atoms with E-state index in [1.54, 1.807) is 20.3 Å². The summed E-state index contributed by atoms with van der Waals surface area (Å²) in [6, 6.07) is 3.61. The SMILES string of the molecule is COc1cc2nc(Cl)nc([SeH])c2cc1OC.[NaH]. The van der Waals surface area contributed by atoms with E-state index in [0.717, 1.165) is 15.5 Å². The van der Waals surface area contributed by atoms with Crippen molar-refractivity contribution in [3.05, 3.63) is 17.4 Å². The number of benzene rings is 1. The molecule has 0 aliphatic carbocycles. The molecular formula is C10H10ClN2NaO2Se. The van der Waals surface area contributed by atoms with Gasteiger partial charge in [-0.2, -0.15) is 0 Å². The van der Waals surface area contributed by atoms with Gasteiger partial charge < -0.3 is 0 Å². The van der Waals surface area contributed by atoms with Crippen molar-refractivity contribution >= 4 is 72.7 Å². The van der Waals surface area contributed by atoms with E-state index in [0.29, 0.717) is 11.5 Å². The van der Waals surface area contributed by atoms with Gasteiger partial charge in [-0.1, -0.05) is 0 Å². The van der Waals surface area contributed by atoms with Gasteiger partial charge >= 0.3 is 135 Å². The molecule has 2 rings (SSSR count). The number of rotatable bonds is 2. The molecule has 1 aromatic carbocycles. The second-order valence-corrected chi connectivity index (χ2v) is 4.27. The maximum atomic E-state index is 5.79. The molecule has 0 aliphatic rings. The summed E-state index contributed by atoms with van der Waals surface area (Å²) in [5, 5.41) is 1.09. The molecule has 86 valence electrons. The first-order valence-electron chi connectivity index (χ1n) is 4.44. The molecule has 1 aromatic heterocycles. The van der Waals surface area contributed by atoms with Gasteiger partial charge in [-0.3, -0.25) is 0 Å². The third kappa shape index (κ3) is 3.05. The van der Waals surface area contributed by atoms with Crippen LogP contribution in [0, 0.1) is 0 Å². The number of nitrogens with zero attached hydrogens (tertiary/aromatic N) is 2. The molecule has 0 bridgehead atoms. The summed E-state index contributed by atoms with van der Waals surface area (Å²) in [6.07, 6.45) is 0. The Morgan fingerprint density at radius 2 is 1.71 bits per heavy atom. The van der Waals surface area contributed by atoms with Gasteiger partial charge in [0.1, 0.15) is 0 Å². The van der Waals surface area contributed by atoms with Gasteiger partial charge in [-0.25, -0.2) is 0 Å². The number of hydrogen-bond acceptors (Lipinski definition) is 4. The Morgan fingerprint density at radius 1 is 1.12 bits per heavy atom. The third-order valence-electron chi connectivity index (χ3n) is 2.15. The van der Waals surface area contributed by atoms with Gasteiger partial charge in [-0.05, 0) is 0 Å². The molecule has 0 radical (unpaired) electrons. The molecule has 2 aromatic rings. The van der Waals surface area contributed by atoms with E-state index < -0.39 is 0 Å². The molecule has 0 fully saturated rings. The van der Waals surface area contributed by atoms with Crippen molar-refractivity contribution in [2.75, 3.05) is 14.2 Å². The first kappa shape index (κ1) is 15.0. The average molecular weight is 328 g/mol. The molecule has 1 heterocycles. The zero-order valence-corrected chi connectivity index (χ0v) is 11.3. The Labute approximate surface area is 134 Å². The molecule has 7 heteroatoms. The Hall–Kier alpha value is -0.0305. The minimum absolute atomic E-state index is 0. The van der Waals surface area contributed by atoms with E-state index in [1.165, 1.54) is 0 Å². The predicted octanol–water partition coefficient (Wildman–Crippen LogP) is 0.178. The van der Waals surface area contributed by atoms with Gasteiger partial charge in [0.2, 0.25) is 0 Å². The minimum atomic E-state index is 0. The standard InChI is InChI=1S/C10H9ClN2O2Se.Na.H/c1-14-7-3-5-6(4-8(7)15-2)12-10(11)13-9(5)16;;/h3-4H,1-2H3,(H,12,13,16);;. The van der Waals surface area contributed by atoms with Crippen LogP contribution in [0.2, 0.25) is 5.28 Å². The molecule has 0 atom stereocenters.